The Kier molecular flexibility index (Phi) is 2.88. The summed E-state index contributed by atoms with van der Waals surface area (Å²) >= 11 is 7.34. The number of anilines is 1. The van der Waals surface area contributed by atoms with Crippen molar-refractivity contribution in [3.05, 3.63) is 27.6 Å². The third-order valence-electron chi connectivity index (χ3n) is 2.32. The molecule has 1 amide bonds. The van der Waals surface area contributed by atoms with Gasteiger partial charge in [0, 0.05) is 5.38 Å². The number of H-pyrrole nitrogens is 1. The van der Waals surface area contributed by atoms with Crippen molar-refractivity contribution < 1.29 is 4.79 Å². The first kappa shape index (κ1) is 12.0. The number of nitrogens with one attached hydrogen (secondary N) is 2. The van der Waals surface area contributed by atoms with E-state index in [1.54, 1.807) is 5.38 Å². The zero-order valence-corrected chi connectivity index (χ0v) is 11.2. The third-order valence-corrected chi connectivity index (χ3v) is 3.37. The molecule has 3 rings (SSSR count). The fourth-order valence-electron chi connectivity index (χ4n) is 1.49. The second kappa shape index (κ2) is 4.56. The minimum absolute atomic E-state index is 0.0975. The largest absolute Gasteiger partial charge is 0.341 e. The molecule has 2 N–H and O–H groups in total. The number of hydrogen-bond donors (Lipinski definition) is 2. The number of carbonyl (C=O) groups excluding carboxylic acids is 1. The first-order valence-electron chi connectivity index (χ1n) is 5.23. The minimum Gasteiger partial charge on any atom is -0.341 e. The van der Waals surface area contributed by atoms with Crippen LogP contribution in [0, 0.1) is 6.92 Å². The van der Waals surface area contributed by atoms with Crippen LogP contribution in [0.25, 0.3) is 11.2 Å². The standard InChI is InChI=1S/C10H7ClN6OS/c1-4-14-5(2-19-4)9(18)17-10-15-7(11)6-8(16-10)13-3-12-6/h2-3H,1H3,(H2,12,13,15,16,17,18). The quantitative estimate of drug-likeness (QED) is 0.705. The average molecular weight is 295 g/mol. The number of imidazole rings is 1. The Morgan fingerprint density at radius 1 is 1.42 bits per heavy atom. The van der Waals surface area contributed by atoms with E-state index in [4.69, 9.17) is 11.6 Å². The summed E-state index contributed by atoms with van der Waals surface area (Å²) in [6.45, 7) is 1.82. The molecule has 7 nitrogen and oxygen atoms in total. The number of carbonyl (C=O) groups is 1. The van der Waals surface area contributed by atoms with Crippen molar-refractivity contribution in [3.63, 3.8) is 0 Å². The minimum atomic E-state index is -0.379. The van der Waals surface area contributed by atoms with Crippen LogP contribution < -0.4 is 5.32 Å². The Bertz CT molecular complexity index is 766. The van der Waals surface area contributed by atoms with Crippen LogP contribution in [0.15, 0.2) is 11.7 Å². The van der Waals surface area contributed by atoms with Crippen molar-refractivity contribution in [1.82, 2.24) is 24.9 Å². The molecule has 3 aromatic rings. The van der Waals surface area contributed by atoms with Gasteiger partial charge in [-0.3, -0.25) is 10.1 Å². The average Bonchev–Trinajstić information content (AvgIpc) is 2.97. The highest BCUT2D eigenvalue weighted by Gasteiger charge is 2.13. The van der Waals surface area contributed by atoms with E-state index in [9.17, 15) is 4.79 Å². The maximum Gasteiger partial charge on any atom is 0.277 e. The van der Waals surface area contributed by atoms with Crippen molar-refractivity contribution in [2.45, 2.75) is 6.92 Å². The maximum absolute atomic E-state index is 11.9. The van der Waals surface area contributed by atoms with Gasteiger partial charge in [0.1, 0.15) is 11.2 Å². The van der Waals surface area contributed by atoms with Crippen LogP contribution in [0.3, 0.4) is 0 Å². The van der Waals surface area contributed by atoms with E-state index in [1.165, 1.54) is 17.7 Å². The summed E-state index contributed by atoms with van der Waals surface area (Å²) in [5.41, 5.74) is 1.25. The van der Waals surface area contributed by atoms with Gasteiger partial charge in [-0.25, -0.2) is 9.97 Å². The van der Waals surface area contributed by atoms with Gasteiger partial charge in [-0.05, 0) is 6.92 Å². The molecule has 0 fully saturated rings. The number of aromatic nitrogens is 5. The monoisotopic (exact) mass is 294 g/mol. The molecular formula is C10H7ClN6OS. The summed E-state index contributed by atoms with van der Waals surface area (Å²) in [7, 11) is 0. The topological polar surface area (TPSA) is 96.5 Å². The third kappa shape index (κ3) is 2.27. The number of amides is 1. The van der Waals surface area contributed by atoms with E-state index in [0.717, 1.165) is 5.01 Å². The number of hydrogen-bond acceptors (Lipinski definition) is 6. The molecule has 0 aromatic carbocycles. The lowest BCUT2D eigenvalue weighted by Crippen LogP contribution is -2.14. The van der Waals surface area contributed by atoms with Gasteiger partial charge in [0.15, 0.2) is 10.8 Å². The Morgan fingerprint density at radius 3 is 3.00 bits per heavy atom. The van der Waals surface area contributed by atoms with Crippen molar-refractivity contribution in [3.8, 4) is 0 Å². The molecule has 9 heteroatoms. The summed E-state index contributed by atoms with van der Waals surface area (Å²) in [5.74, 6) is -0.282. The van der Waals surface area contributed by atoms with E-state index < -0.39 is 0 Å². The summed E-state index contributed by atoms with van der Waals surface area (Å²) in [6.07, 6.45) is 1.46. The predicted octanol–water partition coefficient (Wildman–Crippen LogP) is 2.02. The molecule has 0 aliphatic heterocycles. The summed E-state index contributed by atoms with van der Waals surface area (Å²) in [4.78, 5) is 30.8. The van der Waals surface area contributed by atoms with Crippen LogP contribution in [-0.2, 0) is 0 Å². The first-order chi connectivity index (χ1) is 9.13. The van der Waals surface area contributed by atoms with Gasteiger partial charge in [-0.2, -0.15) is 9.97 Å². The number of aromatic amines is 1. The highest BCUT2D eigenvalue weighted by atomic mass is 35.5. The molecule has 3 aromatic heterocycles. The lowest BCUT2D eigenvalue weighted by molar-refractivity contribution is 0.102. The van der Waals surface area contributed by atoms with Crippen LogP contribution in [-0.4, -0.2) is 30.8 Å². The summed E-state index contributed by atoms with van der Waals surface area (Å²) in [6, 6.07) is 0. The fraction of sp³-hybridized carbons (Fsp3) is 0.100. The highest BCUT2D eigenvalue weighted by molar-refractivity contribution is 7.09. The van der Waals surface area contributed by atoms with E-state index >= 15 is 0 Å². The van der Waals surface area contributed by atoms with Gasteiger partial charge in [-0.15, -0.1) is 11.3 Å². The van der Waals surface area contributed by atoms with Crippen molar-refractivity contribution in [2.75, 3.05) is 5.32 Å². The molecule has 0 aliphatic carbocycles. The summed E-state index contributed by atoms with van der Waals surface area (Å²) < 4.78 is 0. The Hall–Kier alpha value is -2.06. The number of halogens is 1. The molecule has 19 heavy (non-hydrogen) atoms. The smallest absolute Gasteiger partial charge is 0.277 e. The Balaban J connectivity index is 1.90. The van der Waals surface area contributed by atoms with Crippen LogP contribution in [0.4, 0.5) is 5.95 Å². The predicted molar refractivity (Wildman–Crippen MR) is 71.5 cm³/mol. The molecule has 0 saturated heterocycles. The zero-order chi connectivity index (χ0) is 13.4. The SMILES string of the molecule is Cc1nc(C(=O)Nc2nc(Cl)c3[nH]cnc3n2)cs1. The normalized spacial score (nSPS) is 10.8. The highest BCUT2D eigenvalue weighted by Crippen LogP contribution is 2.18. The second-order valence-electron chi connectivity index (χ2n) is 3.65. The summed E-state index contributed by atoms with van der Waals surface area (Å²) in [5, 5.41) is 5.22. The lowest BCUT2D eigenvalue weighted by atomic mass is 10.4. The molecule has 0 unspecified atom stereocenters. The van der Waals surface area contributed by atoms with Crippen molar-refractivity contribution >= 4 is 46.0 Å². The Morgan fingerprint density at radius 2 is 2.26 bits per heavy atom. The fourth-order valence-corrected chi connectivity index (χ4v) is 2.30. The van der Waals surface area contributed by atoms with E-state index in [1.807, 2.05) is 6.92 Å². The number of thiazole rings is 1. The lowest BCUT2D eigenvalue weighted by Gasteiger charge is -2.01. The molecule has 0 aliphatic rings. The molecule has 0 radical (unpaired) electrons. The molecular weight excluding hydrogens is 288 g/mol. The zero-order valence-electron chi connectivity index (χ0n) is 9.64. The van der Waals surface area contributed by atoms with E-state index in [-0.39, 0.29) is 17.0 Å². The molecule has 96 valence electrons. The van der Waals surface area contributed by atoms with Crippen molar-refractivity contribution in [2.24, 2.45) is 0 Å². The molecule has 3 heterocycles. The molecule has 0 atom stereocenters. The second-order valence-corrected chi connectivity index (χ2v) is 5.07. The van der Waals surface area contributed by atoms with Gasteiger partial charge in [0.2, 0.25) is 5.95 Å². The van der Waals surface area contributed by atoms with E-state index in [0.29, 0.717) is 16.9 Å². The molecule has 0 saturated carbocycles. The first-order valence-corrected chi connectivity index (χ1v) is 6.49. The van der Waals surface area contributed by atoms with Crippen LogP contribution in [0.2, 0.25) is 5.15 Å². The number of nitrogens with zero attached hydrogens (tertiary/aromatic N) is 4. The Labute approximate surface area is 116 Å². The maximum atomic E-state index is 11.9. The number of rotatable bonds is 2. The van der Waals surface area contributed by atoms with Gasteiger partial charge in [0.25, 0.3) is 5.91 Å². The van der Waals surface area contributed by atoms with Crippen LogP contribution in [0.1, 0.15) is 15.5 Å². The van der Waals surface area contributed by atoms with Gasteiger partial charge < -0.3 is 4.98 Å². The van der Waals surface area contributed by atoms with Crippen LogP contribution >= 0.6 is 22.9 Å². The van der Waals surface area contributed by atoms with Crippen molar-refractivity contribution in [1.29, 1.82) is 0 Å². The van der Waals surface area contributed by atoms with Gasteiger partial charge in [-0.1, -0.05) is 11.6 Å². The number of aryl methyl sites for hydroxylation is 1. The van der Waals surface area contributed by atoms with Crippen LogP contribution in [0.5, 0.6) is 0 Å². The van der Waals surface area contributed by atoms with E-state index in [2.05, 4.69) is 30.2 Å². The van der Waals surface area contributed by atoms with Gasteiger partial charge >= 0.3 is 0 Å². The van der Waals surface area contributed by atoms with Gasteiger partial charge in [0.05, 0.1) is 11.3 Å². The molecule has 0 spiro atoms. The number of fused-ring (bicyclic) bond motifs is 1. The molecule has 0 bridgehead atoms.